The highest BCUT2D eigenvalue weighted by molar-refractivity contribution is 5.79. The third-order valence-corrected chi connectivity index (χ3v) is 3.54. The highest BCUT2D eigenvalue weighted by Gasteiger charge is 2.09. The molecule has 25 heavy (non-hydrogen) atoms. The van der Waals surface area contributed by atoms with Crippen LogP contribution in [0.4, 0.5) is 0 Å². The predicted molar refractivity (Wildman–Crippen MR) is 98.1 cm³/mol. The highest BCUT2D eigenvalue weighted by Crippen LogP contribution is 2.11. The Kier molecular flexibility index (Phi) is 7.25. The van der Waals surface area contributed by atoms with Gasteiger partial charge in [-0.2, -0.15) is 4.98 Å². The maximum absolute atomic E-state index is 5.68. The summed E-state index contributed by atoms with van der Waals surface area (Å²) >= 11 is 0. The van der Waals surface area contributed by atoms with E-state index < -0.39 is 0 Å². The van der Waals surface area contributed by atoms with Gasteiger partial charge in [0.1, 0.15) is 12.4 Å². The summed E-state index contributed by atoms with van der Waals surface area (Å²) in [6.45, 7) is 8.02. The van der Waals surface area contributed by atoms with E-state index in [9.17, 15) is 0 Å². The fourth-order valence-electron chi connectivity index (χ4n) is 2.09. The molecule has 2 rings (SSSR count). The van der Waals surface area contributed by atoms with Crippen molar-refractivity contribution in [3.05, 3.63) is 41.5 Å². The summed E-state index contributed by atoms with van der Waals surface area (Å²) in [5.41, 5.74) is 1.22. The number of aliphatic imine (C=N–C) groups is 1. The van der Waals surface area contributed by atoms with Crippen LogP contribution in [0.1, 0.15) is 37.0 Å². The van der Waals surface area contributed by atoms with E-state index in [1.165, 1.54) is 5.56 Å². The highest BCUT2D eigenvalue weighted by atomic mass is 16.5. The number of nitrogens with zero attached hydrogens (tertiary/aromatic N) is 3. The second kappa shape index (κ2) is 9.66. The van der Waals surface area contributed by atoms with Crippen LogP contribution in [0.25, 0.3) is 0 Å². The van der Waals surface area contributed by atoms with Gasteiger partial charge in [-0.05, 0) is 19.1 Å². The molecular weight excluding hydrogens is 318 g/mol. The zero-order valence-electron chi connectivity index (χ0n) is 15.4. The van der Waals surface area contributed by atoms with E-state index >= 15 is 0 Å². The average Bonchev–Trinajstić information content (AvgIpc) is 3.08. The van der Waals surface area contributed by atoms with E-state index in [1.807, 2.05) is 38.1 Å². The Morgan fingerprint density at radius 3 is 2.56 bits per heavy atom. The molecule has 1 aromatic heterocycles. The monoisotopic (exact) mass is 345 g/mol. The molecule has 2 N–H and O–H groups in total. The molecule has 0 amide bonds. The Morgan fingerprint density at radius 1 is 1.20 bits per heavy atom. The predicted octanol–water partition coefficient (Wildman–Crippen LogP) is 2.29. The van der Waals surface area contributed by atoms with Gasteiger partial charge in [0.25, 0.3) is 0 Å². The van der Waals surface area contributed by atoms with Crippen LogP contribution in [0.5, 0.6) is 5.75 Å². The molecule has 0 spiro atoms. The fraction of sp³-hybridized carbons (Fsp3) is 0.500. The molecular formula is C18H27N5O2. The number of aromatic nitrogens is 2. The minimum atomic E-state index is 0.272. The molecule has 0 saturated carbocycles. The van der Waals surface area contributed by atoms with E-state index in [2.05, 4.69) is 32.7 Å². The average molecular weight is 345 g/mol. The van der Waals surface area contributed by atoms with Gasteiger partial charge in [0.2, 0.25) is 5.89 Å². The van der Waals surface area contributed by atoms with Crippen LogP contribution in [-0.2, 0) is 6.42 Å². The van der Waals surface area contributed by atoms with E-state index in [4.69, 9.17) is 9.26 Å². The topological polar surface area (TPSA) is 84.6 Å². The van der Waals surface area contributed by atoms with Gasteiger partial charge in [-0.3, -0.25) is 4.99 Å². The lowest BCUT2D eigenvalue weighted by Gasteiger charge is -2.12. The zero-order chi connectivity index (χ0) is 18.1. The molecule has 0 aliphatic heterocycles. The minimum absolute atomic E-state index is 0.272. The van der Waals surface area contributed by atoms with E-state index in [0.717, 1.165) is 17.5 Å². The zero-order valence-corrected chi connectivity index (χ0v) is 15.4. The summed E-state index contributed by atoms with van der Waals surface area (Å²) in [4.78, 5) is 8.53. The Balaban J connectivity index is 1.63. The first-order valence-corrected chi connectivity index (χ1v) is 8.55. The van der Waals surface area contributed by atoms with Gasteiger partial charge in [0, 0.05) is 25.9 Å². The molecule has 2 aromatic rings. The molecule has 7 nitrogen and oxygen atoms in total. The van der Waals surface area contributed by atoms with Crippen molar-refractivity contribution < 1.29 is 9.26 Å². The quantitative estimate of drug-likeness (QED) is 0.434. The SMILES string of the molecule is CN=C(NCCOc1ccc(C)cc1)NCCc1nc(C(C)C)no1. The molecule has 0 aliphatic rings. The lowest BCUT2D eigenvalue weighted by molar-refractivity contribution is 0.322. The van der Waals surface area contributed by atoms with Crippen LogP contribution in [0, 0.1) is 6.92 Å². The molecule has 1 aromatic carbocycles. The first-order valence-electron chi connectivity index (χ1n) is 8.55. The first-order chi connectivity index (χ1) is 12.1. The van der Waals surface area contributed by atoms with Crippen molar-refractivity contribution in [2.75, 3.05) is 26.7 Å². The second-order valence-electron chi connectivity index (χ2n) is 6.04. The van der Waals surface area contributed by atoms with Crippen LogP contribution >= 0.6 is 0 Å². The van der Waals surface area contributed by atoms with E-state index in [0.29, 0.717) is 32.0 Å². The fourth-order valence-corrected chi connectivity index (χ4v) is 2.09. The van der Waals surface area contributed by atoms with Crippen LogP contribution in [-0.4, -0.2) is 42.8 Å². The van der Waals surface area contributed by atoms with Crippen molar-refractivity contribution in [1.82, 2.24) is 20.8 Å². The number of benzene rings is 1. The number of ether oxygens (including phenoxy) is 1. The summed E-state index contributed by atoms with van der Waals surface area (Å²) in [5, 5.41) is 10.4. The molecule has 0 saturated heterocycles. The van der Waals surface area contributed by atoms with Crippen LogP contribution in [0.15, 0.2) is 33.8 Å². The van der Waals surface area contributed by atoms with Gasteiger partial charge in [-0.25, -0.2) is 0 Å². The summed E-state index contributed by atoms with van der Waals surface area (Å²) in [5.74, 6) is 3.23. The van der Waals surface area contributed by atoms with Crippen molar-refractivity contribution in [3.63, 3.8) is 0 Å². The van der Waals surface area contributed by atoms with Gasteiger partial charge in [-0.15, -0.1) is 0 Å². The van der Waals surface area contributed by atoms with Crippen molar-refractivity contribution >= 4 is 5.96 Å². The molecule has 0 atom stereocenters. The Bertz CT molecular complexity index is 664. The van der Waals surface area contributed by atoms with Crippen molar-refractivity contribution in [1.29, 1.82) is 0 Å². The summed E-state index contributed by atoms with van der Waals surface area (Å²) < 4.78 is 10.9. The molecule has 1 heterocycles. The van der Waals surface area contributed by atoms with Crippen LogP contribution in [0.2, 0.25) is 0 Å². The van der Waals surface area contributed by atoms with E-state index in [1.54, 1.807) is 7.05 Å². The largest absolute Gasteiger partial charge is 0.492 e. The smallest absolute Gasteiger partial charge is 0.228 e. The summed E-state index contributed by atoms with van der Waals surface area (Å²) in [6, 6.07) is 8.01. The number of hydrogen-bond acceptors (Lipinski definition) is 5. The number of nitrogens with one attached hydrogen (secondary N) is 2. The maximum atomic E-state index is 5.68. The molecule has 0 radical (unpaired) electrons. The van der Waals surface area contributed by atoms with Gasteiger partial charge < -0.3 is 19.9 Å². The molecule has 7 heteroatoms. The number of aryl methyl sites for hydroxylation is 1. The van der Waals surface area contributed by atoms with Gasteiger partial charge in [0.15, 0.2) is 11.8 Å². The summed E-state index contributed by atoms with van der Waals surface area (Å²) in [7, 11) is 1.74. The normalized spacial score (nSPS) is 11.6. The molecule has 0 unspecified atom stereocenters. The lowest BCUT2D eigenvalue weighted by atomic mass is 10.2. The second-order valence-corrected chi connectivity index (χ2v) is 6.04. The standard InChI is InChI=1S/C18H27N5O2/c1-13(2)17-22-16(25-23-17)9-10-20-18(19-4)21-11-12-24-15-7-5-14(3)6-8-15/h5-8,13H,9-12H2,1-4H3,(H2,19,20,21). The van der Waals surface area contributed by atoms with Gasteiger partial charge in [-0.1, -0.05) is 36.7 Å². The maximum Gasteiger partial charge on any atom is 0.228 e. The van der Waals surface area contributed by atoms with E-state index in [-0.39, 0.29) is 5.92 Å². The molecule has 136 valence electrons. The van der Waals surface area contributed by atoms with Gasteiger partial charge in [0.05, 0.1) is 6.54 Å². The van der Waals surface area contributed by atoms with Gasteiger partial charge >= 0.3 is 0 Å². The van der Waals surface area contributed by atoms with Crippen LogP contribution < -0.4 is 15.4 Å². The lowest BCUT2D eigenvalue weighted by Crippen LogP contribution is -2.40. The Morgan fingerprint density at radius 2 is 1.92 bits per heavy atom. The first kappa shape index (κ1) is 18.8. The minimum Gasteiger partial charge on any atom is -0.492 e. The Labute approximate surface area is 148 Å². The van der Waals surface area contributed by atoms with Crippen LogP contribution in [0.3, 0.4) is 0 Å². The number of rotatable bonds is 8. The summed E-state index contributed by atoms with van der Waals surface area (Å²) in [6.07, 6.45) is 0.653. The molecule has 0 fully saturated rings. The molecule has 0 aliphatic carbocycles. The third kappa shape index (κ3) is 6.45. The number of hydrogen-bond donors (Lipinski definition) is 2. The van der Waals surface area contributed by atoms with Crippen molar-refractivity contribution in [2.45, 2.75) is 33.1 Å². The number of guanidine groups is 1. The van der Waals surface area contributed by atoms with Crippen molar-refractivity contribution in [3.8, 4) is 5.75 Å². The third-order valence-electron chi connectivity index (χ3n) is 3.54. The molecule has 0 bridgehead atoms. The Hall–Kier alpha value is -2.57. The van der Waals surface area contributed by atoms with Crippen molar-refractivity contribution in [2.24, 2.45) is 4.99 Å².